The van der Waals surface area contributed by atoms with Crippen molar-refractivity contribution in [1.29, 1.82) is 0 Å². The highest BCUT2D eigenvalue weighted by molar-refractivity contribution is 6.15. The molecular weight excluding hydrogens is 490 g/mol. The van der Waals surface area contributed by atoms with E-state index in [-0.39, 0.29) is 18.3 Å². The van der Waals surface area contributed by atoms with Crippen LogP contribution in [0, 0.1) is 6.92 Å². The Morgan fingerprint density at radius 2 is 1.77 bits per heavy atom. The van der Waals surface area contributed by atoms with E-state index >= 15 is 0 Å². The van der Waals surface area contributed by atoms with Crippen molar-refractivity contribution in [2.45, 2.75) is 13.0 Å². The van der Waals surface area contributed by atoms with Gasteiger partial charge >= 0.3 is 0 Å². The molecule has 2 saturated heterocycles. The summed E-state index contributed by atoms with van der Waals surface area (Å²) in [7, 11) is 1.52. The second-order valence-corrected chi connectivity index (χ2v) is 10.4. The number of aromatic amines is 1. The molecule has 200 valence electrons. The van der Waals surface area contributed by atoms with Crippen molar-refractivity contribution in [2.75, 3.05) is 57.9 Å². The van der Waals surface area contributed by atoms with Crippen molar-refractivity contribution < 1.29 is 14.3 Å². The number of hydrogen-bond acceptors (Lipinski definition) is 6. The Balaban J connectivity index is 1.17. The number of ether oxygens (including phenoxy) is 1. The van der Waals surface area contributed by atoms with Gasteiger partial charge in [0.1, 0.15) is 12.4 Å². The summed E-state index contributed by atoms with van der Waals surface area (Å²) in [5.74, 6) is 0.915. The van der Waals surface area contributed by atoms with Crippen LogP contribution in [-0.4, -0.2) is 90.5 Å². The molecule has 4 heterocycles. The lowest BCUT2D eigenvalue weighted by molar-refractivity contribution is 0.0246. The Labute approximate surface area is 228 Å². The van der Waals surface area contributed by atoms with Crippen LogP contribution in [0.1, 0.15) is 26.3 Å². The molecule has 1 N–H and O–H groups in total. The zero-order chi connectivity index (χ0) is 26.9. The first-order valence-corrected chi connectivity index (χ1v) is 13.5. The Morgan fingerprint density at radius 3 is 2.46 bits per heavy atom. The van der Waals surface area contributed by atoms with E-state index in [0.717, 1.165) is 72.8 Å². The van der Waals surface area contributed by atoms with Crippen LogP contribution in [0.25, 0.3) is 22.2 Å². The molecule has 0 bridgehead atoms. The number of aryl methyl sites for hydroxylation is 1. The molecule has 0 radical (unpaired) electrons. The highest BCUT2D eigenvalue weighted by Crippen LogP contribution is 2.32. The van der Waals surface area contributed by atoms with Crippen LogP contribution in [-0.2, 0) is 4.74 Å². The van der Waals surface area contributed by atoms with Crippen LogP contribution < -0.4 is 4.90 Å². The van der Waals surface area contributed by atoms with Crippen molar-refractivity contribution in [3.05, 3.63) is 83.6 Å². The summed E-state index contributed by atoms with van der Waals surface area (Å²) in [6, 6.07) is 20.1. The van der Waals surface area contributed by atoms with Crippen molar-refractivity contribution in [3.63, 3.8) is 0 Å². The fourth-order valence-electron chi connectivity index (χ4n) is 5.65. The number of ketones is 1. The molecule has 2 aliphatic heterocycles. The number of carbonyl (C=O) groups excluding carboxylic acids is 2. The highest BCUT2D eigenvalue weighted by atomic mass is 16.5. The number of nitrogens with one attached hydrogen (secondary N) is 1. The number of piperazine rings is 1. The predicted molar refractivity (Wildman–Crippen MR) is 152 cm³/mol. The molecule has 1 amide bonds. The lowest BCUT2D eigenvalue weighted by Crippen LogP contribution is -2.64. The quantitative estimate of drug-likeness (QED) is 0.369. The van der Waals surface area contributed by atoms with Crippen molar-refractivity contribution in [2.24, 2.45) is 0 Å². The minimum Gasteiger partial charge on any atom is -0.377 e. The maximum Gasteiger partial charge on any atom is 0.253 e. The van der Waals surface area contributed by atoms with E-state index in [1.807, 2.05) is 72.6 Å². The van der Waals surface area contributed by atoms with Crippen molar-refractivity contribution >= 4 is 28.4 Å². The van der Waals surface area contributed by atoms with Gasteiger partial charge in [0.15, 0.2) is 5.78 Å². The van der Waals surface area contributed by atoms with E-state index in [1.54, 1.807) is 0 Å². The van der Waals surface area contributed by atoms with Gasteiger partial charge in [-0.15, -0.1) is 0 Å². The number of rotatable bonds is 7. The second kappa shape index (κ2) is 10.6. The summed E-state index contributed by atoms with van der Waals surface area (Å²) in [5, 5.41) is 0.751. The largest absolute Gasteiger partial charge is 0.377 e. The Kier molecular flexibility index (Phi) is 6.89. The number of amides is 1. The lowest BCUT2D eigenvalue weighted by atomic mass is 9.99. The smallest absolute Gasteiger partial charge is 0.253 e. The van der Waals surface area contributed by atoms with Gasteiger partial charge in [-0.25, -0.2) is 4.98 Å². The van der Waals surface area contributed by atoms with Crippen LogP contribution in [0.2, 0.25) is 0 Å². The number of hydrogen-bond donors (Lipinski definition) is 1. The van der Waals surface area contributed by atoms with Gasteiger partial charge in [-0.05, 0) is 42.8 Å². The molecule has 4 aromatic rings. The molecule has 0 saturated carbocycles. The molecule has 0 spiro atoms. The zero-order valence-electron chi connectivity index (χ0n) is 22.4. The number of aromatic nitrogens is 2. The van der Waals surface area contributed by atoms with Gasteiger partial charge in [-0.3, -0.25) is 14.5 Å². The van der Waals surface area contributed by atoms with Gasteiger partial charge in [0.2, 0.25) is 0 Å². The third-order valence-electron chi connectivity index (χ3n) is 7.89. The number of benzene rings is 2. The van der Waals surface area contributed by atoms with E-state index in [0.29, 0.717) is 17.2 Å². The number of nitrogens with zero attached hydrogens (tertiary/aromatic N) is 4. The van der Waals surface area contributed by atoms with E-state index in [9.17, 15) is 9.59 Å². The summed E-state index contributed by atoms with van der Waals surface area (Å²) in [4.78, 5) is 41.2. The van der Waals surface area contributed by atoms with Gasteiger partial charge in [0.05, 0.1) is 11.3 Å². The monoisotopic (exact) mass is 523 g/mol. The average molecular weight is 524 g/mol. The Morgan fingerprint density at radius 1 is 1.00 bits per heavy atom. The Hall–Kier alpha value is -4.01. The third kappa shape index (κ3) is 4.93. The molecule has 6 rings (SSSR count). The number of H-pyrrole nitrogens is 1. The first kappa shape index (κ1) is 25.3. The van der Waals surface area contributed by atoms with Crippen LogP contribution in [0.4, 0.5) is 5.82 Å². The second-order valence-electron chi connectivity index (χ2n) is 10.4. The van der Waals surface area contributed by atoms with E-state index < -0.39 is 0 Å². The Bertz CT molecular complexity index is 1480. The van der Waals surface area contributed by atoms with Crippen LogP contribution >= 0.6 is 0 Å². The number of fused-ring (bicyclic) bond motifs is 1. The number of anilines is 1. The van der Waals surface area contributed by atoms with Gasteiger partial charge < -0.3 is 19.5 Å². The molecule has 0 atom stereocenters. The molecule has 8 nitrogen and oxygen atoms in total. The molecule has 2 aromatic carbocycles. The average Bonchev–Trinajstić information content (AvgIpc) is 3.32. The molecule has 0 unspecified atom stereocenters. The van der Waals surface area contributed by atoms with Crippen LogP contribution in [0.5, 0.6) is 0 Å². The first-order chi connectivity index (χ1) is 19.0. The van der Waals surface area contributed by atoms with Crippen molar-refractivity contribution in [3.8, 4) is 11.3 Å². The maximum atomic E-state index is 13.4. The summed E-state index contributed by atoms with van der Waals surface area (Å²) in [5.41, 5.74) is 4.83. The first-order valence-electron chi connectivity index (χ1n) is 13.5. The van der Waals surface area contributed by atoms with E-state index in [1.165, 1.54) is 7.11 Å². The molecular formula is C31H33N5O3. The minimum atomic E-state index is -0.113. The molecule has 39 heavy (non-hydrogen) atoms. The van der Waals surface area contributed by atoms with E-state index in [2.05, 4.69) is 25.8 Å². The van der Waals surface area contributed by atoms with Crippen molar-refractivity contribution in [1.82, 2.24) is 19.8 Å². The summed E-state index contributed by atoms with van der Waals surface area (Å²) in [6.45, 7) is 7.25. The number of likely N-dealkylation sites (tertiary alicyclic amines) is 1. The number of pyridine rings is 1. The SMILES string of the molecule is COCC(=O)c1c(-c2ccc(C)cc2)[nH]c2ccc(C(=O)N3CC(N4CCN(c5ccccn5)CC4)C3)cc12. The van der Waals surface area contributed by atoms with Gasteiger partial charge in [0.25, 0.3) is 5.91 Å². The molecule has 2 fully saturated rings. The third-order valence-corrected chi connectivity index (χ3v) is 7.89. The molecule has 2 aliphatic rings. The summed E-state index contributed by atoms with van der Waals surface area (Å²) in [6.07, 6.45) is 1.84. The maximum absolute atomic E-state index is 13.4. The van der Waals surface area contributed by atoms with Gasteiger partial charge in [-0.2, -0.15) is 0 Å². The molecule has 2 aromatic heterocycles. The molecule has 0 aliphatic carbocycles. The predicted octanol–water partition coefficient (Wildman–Crippen LogP) is 4.01. The standard InChI is InChI=1S/C31H33N5O3/c1-21-6-8-22(9-7-21)30-29(27(37)20-39-2)25-17-23(10-11-26(25)33-30)31(38)36-18-24(19-36)34-13-15-35(16-14-34)28-5-3-4-12-32-28/h3-12,17,24,33H,13-16,18-20H2,1-2H3. The lowest BCUT2D eigenvalue weighted by Gasteiger charge is -2.48. The minimum absolute atomic E-state index is 0.00324. The normalized spacial score (nSPS) is 16.5. The zero-order valence-corrected chi connectivity index (χ0v) is 22.4. The van der Waals surface area contributed by atoms with Crippen LogP contribution in [0.15, 0.2) is 66.9 Å². The van der Waals surface area contributed by atoms with Gasteiger partial charge in [-0.1, -0.05) is 35.9 Å². The fraction of sp³-hybridized carbons (Fsp3) is 0.323. The fourth-order valence-corrected chi connectivity index (χ4v) is 5.65. The molecule has 8 heteroatoms. The van der Waals surface area contributed by atoms with E-state index in [4.69, 9.17) is 4.74 Å². The summed E-state index contributed by atoms with van der Waals surface area (Å²) >= 11 is 0. The number of Topliss-reactive ketones (excluding diaryl/α,β-unsaturated/α-hetero) is 1. The summed E-state index contributed by atoms with van der Waals surface area (Å²) < 4.78 is 5.18. The van der Waals surface area contributed by atoms with Crippen LogP contribution in [0.3, 0.4) is 0 Å². The highest BCUT2D eigenvalue weighted by Gasteiger charge is 2.36. The topological polar surface area (TPSA) is 81.8 Å². The van der Waals surface area contributed by atoms with Gasteiger partial charge in [0, 0.05) is 75.1 Å². The number of methoxy groups -OCH3 is 1. The number of carbonyl (C=O) groups is 2.